The van der Waals surface area contributed by atoms with Crippen LogP contribution in [0.4, 0.5) is 5.69 Å². The van der Waals surface area contributed by atoms with E-state index in [9.17, 15) is 14.7 Å². The highest BCUT2D eigenvalue weighted by molar-refractivity contribution is 6.51. The molecule has 1 N–H and O–H groups in total. The maximum absolute atomic E-state index is 13.1. The molecule has 1 unspecified atom stereocenters. The number of Topliss-reactive ketones (excluding diaryl/α,β-unsaturated/α-hetero) is 1. The van der Waals surface area contributed by atoms with Crippen molar-refractivity contribution in [2.45, 2.75) is 26.0 Å². The average Bonchev–Trinajstić information content (AvgIpc) is 3.41. The molecule has 8 heteroatoms. The Hall–Kier alpha value is -3.71. The predicted molar refractivity (Wildman–Crippen MR) is 124 cm³/mol. The number of ether oxygens (including phenoxy) is 2. The lowest BCUT2D eigenvalue weighted by atomic mass is 9.99. The number of furan rings is 1. The standard InChI is InChI=1S/C25H22ClNO6/c1-14(2)33-17-9-7-16(8-10-17)27-22(19-5-4-12-32-19)21(24(29)25(27)30)23(28)15-6-11-18(26)20(13-15)31-3/h4-14,22,28H,1-3H3/b23-21-. The normalized spacial score (nSPS) is 17.6. The summed E-state index contributed by atoms with van der Waals surface area (Å²) in [6.07, 6.45) is 1.44. The van der Waals surface area contributed by atoms with E-state index in [4.69, 9.17) is 25.5 Å². The molecular weight excluding hydrogens is 446 g/mol. The SMILES string of the molecule is COc1cc(/C(O)=C2/C(=O)C(=O)N(c3ccc(OC(C)C)cc3)C2c2ccco2)ccc1Cl. The van der Waals surface area contributed by atoms with Crippen LogP contribution < -0.4 is 14.4 Å². The van der Waals surface area contributed by atoms with E-state index in [1.807, 2.05) is 13.8 Å². The monoisotopic (exact) mass is 467 g/mol. The molecule has 0 bridgehead atoms. The molecule has 1 fully saturated rings. The van der Waals surface area contributed by atoms with Crippen molar-refractivity contribution in [1.82, 2.24) is 0 Å². The largest absolute Gasteiger partial charge is 0.507 e. The van der Waals surface area contributed by atoms with Gasteiger partial charge in [-0.3, -0.25) is 14.5 Å². The van der Waals surface area contributed by atoms with Gasteiger partial charge in [0, 0.05) is 11.3 Å². The third-order valence-electron chi connectivity index (χ3n) is 5.17. The van der Waals surface area contributed by atoms with Crippen molar-refractivity contribution in [3.8, 4) is 11.5 Å². The number of hydrogen-bond acceptors (Lipinski definition) is 6. The molecular formula is C25H22ClNO6. The molecule has 1 saturated heterocycles. The van der Waals surface area contributed by atoms with Gasteiger partial charge in [-0.1, -0.05) is 11.6 Å². The van der Waals surface area contributed by atoms with Crippen LogP contribution >= 0.6 is 11.6 Å². The van der Waals surface area contributed by atoms with Gasteiger partial charge in [-0.25, -0.2) is 0 Å². The first-order valence-corrected chi connectivity index (χ1v) is 10.6. The van der Waals surface area contributed by atoms with E-state index in [0.717, 1.165) is 0 Å². The molecule has 0 aliphatic carbocycles. The van der Waals surface area contributed by atoms with Crippen molar-refractivity contribution >= 4 is 34.7 Å². The second-order valence-corrected chi connectivity index (χ2v) is 8.10. The molecule has 2 heterocycles. The lowest BCUT2D eigenvalue weighted by molar-refractivity contribution is -0.132. The van der Waals surface area contributed by atoms with Crippen molar-refractivity contribution in [1.29, 1.82) is 0 Å². The number of nitrogens with zero attached hydrogens (tertiary/aromatic N) is 1. The zero-order valence-electron chi connectivity index (χ0n) is 18.2. The lowest BCUT2D eigenvalue weighted by Gasteiger charge is -2.23. The van der Waals surface area contributed by atoms with Crippen molar-refractivity contribution in [2.24, 2.45) is 0 Å². The van der Waals surface area contributed by atoms with E-state index in [1.54, 1.807) is 48.5 Å². The number of aliphatic hydroxyl groups excluding tert-OH is 1. The quantitative estimate of drug-likeness (QED) is 0.298. The highest BCUT2D eigenvalue weighted by Crippen LogP contribution is 2.43. The number of aliphatic hydroxyl groups is 1. The fraction of sp³-hybridized carbons (Fsp3) is 0.200. The van der Waals surface area contributed by atoms with Gasteiger partial charge in [0.25, 0.3) is 11.7 Å². The first-order chi connectivity index (χ1) is 15.8. The van der Waals surface area contributed by atoms with Crippen LogP contribution in [0.1, 0.15) is 31.2 Å². The van der Waals surface area contributed by atoms with Gasteiger partial charge in [-0.15, -0.1) is 0 Å². The van der Waals surface area contributed by atoms with Crippen molar-refractivity contribution in [3.63, 3.8) is 0 Å². The minimum atomic E-state index is -0.960. The summed E-state index contributed by atoms with van der Waals surface area (Å²) in [7, 11) is 1.44. The first-order valence-electron chi connectivity index (χ1n) is 10.3. The zero-order chi connectivity index (χ0) is 23.7. The van der Waals surface area contributed by atoms with Gasteiger partial charge < -0.3 is 19.0 Å². The maximum Gasteiger partial charge on any atom is 0.300 e. The molecule has 0 spiro atoms. The third-order valence-corrected chi connectivity index (χ3v) is 5.48. The number of carbonyl (C=O) groups is 2. The number of anilines is 1. The number of halogens is 1. The van der Waals surface area contributed by atoms with Crippen LogP contribution in [0.3, 0.4) is 0 Å². The van der Waals surface area contributed by atoms with E-state index in [-0.39, 0.29) is 23.0 Å². The van der Waals surface area contributed by atoms with Crippen LogP contribution in [-0.2, 0) is 9.59 Å². The number of rotatable bonds is 6. The van der Waals surface area contributed by atoms with Gasteiger partial charge in [0.2, 0.25) is 0 Å². The molecule has 33 heavy (non-hydrogen) atoms. The smallest absolute Gasteiger partial charge is 0.300 e. The topological polar surface area (TPSA) is 89.2 Å². The fourth-order valence-electron chi connectivity index (χ4n) is 3.73. The zero-order valence-corrected chi connectivity index (χ0v) is 19.0. The summed E-state index contributed by atoms with van der Waals surface area (Å²) >= 11 is 6.09. The highest BCUT2D eigenvalue weighted by Gasteiger charge is 2.48. The molecule has 170 valence electrons. The predicted octanol–water partition coefficient (Wildman–Crippen LogP) is 5.36. The second-order valence-electron chi connectivity index (χ2n) is 7.69. The fourth-order valence-corrected chi connectivity index (χ4v) is 3.93. The molecule has 1 amide bonds. The lowest BCUT2D eigenvalue weighted by Crippen LogP contribution is -2.29. The van der Waals surface area contributed by atoms with Gasteiger partial charge in [-0.2, -0.15) is 0 Å². The van der Waals surface area contributed by atoms with Gasteiger partial charge in [0.15, 0.2) is 0 Å². The Labute approximate surface area is 195 Å². The van der Waals surface area contributed by atoms with E-state index >= 15 is 0 Å². The Morgan fingerprint density at radius 2 is 1.85 bits per heavy atom. The summed E-state index contributed by atoms with van der Waals surface area (Å²) in [5.74, 6) is -0.675. The molecule has 0 saturated carbocycles. The molecule has 1 aliphatic rings. The summed E-state index contributed by atoms with van der Waals surface area (Å²) in [6.45, 7) is 3.82. The van der Waals surface area contributed by atoms with Crippen molar-refractivity contribution in [2.75, 3.05) is 12.0 Å². The second kappa shape index (κ2) is 9.03. The molecule has 1 aliphatic heterocycles. The first kappa shape index (κ1) is 22.5. The molecule has 2 aromatic carbocycles. The minimum absolute atomic E-state index is 0.00966. The van der Waals surface area contributed by atoms with Crippen molar-refractivity contribution in [3.05, 3.63) is 82.8 Å². The van der Waals surface area contributed by atoms with E-state index in [1.165, 1.54) is 24.3 Å². The number of amides is 1. The van der Waals surface area contributed by atoms with Crippen molar-refractivity contribution < 1.29 is 28.6 Å². The molecule has 3 aromatic rings. The van der Waals surface area contributed by atoms with E-state index in [2.05, 4.69) is 0 Å². The number of methoxy groups -OCH3 is 1. The summed E-state index contributed by atoms with van der Waals surface area (Å²) < 4.78 is 16.4. The van der Waals surface area contributed by atoms with E-state index < -0.39 is 17.7 Å². The third kappa shape index (κ3) is 4.19. The molecule has 1 atom stereocenters. The van der Waals surface area contributed by atoms with Gasteiger partial charge in [-0.05, 0) is 68.4 Å². The van der Waals surface area contributed by atoms with Crippen LogP contribution in [-0.4, -0.2) is 30.0 Å². The van der Waals surface area contributed by atoms with E-state index in [0.29, 0.717) is 28.0 Å². The molecule has 4 rings (SSSR count). The van der Waals surface area contributed by atoms with Crippen LogP contribution in [0.2, 0.25) is 5.02 Å². The number of ketones is 1. The Kier molecular flexibility index (Phi) is 6.16. The summed E-state index contributed by atoms with van der Waals surface area (Å²) in [5, 5.41) is 11.5. The Morgan fingerprint density at radius 3 is 2.45 bits per heavy atom. The number of benzene rings is 2. The van der Waals surface area contributed by atoms with Gasteiger partial charge in [0.05, 0.1) is 30.1 Å². The number of hydrogen-bond donors (Lipinski definition) is 1. The Balaban J connectivity index is 1.84. The van der Waals surface area contributed by atoms with Crippen LogP contribution in [0.5, 0.6) is 11.5 Å². The van der Waals surface area contributed by atoms with Crippen LogP contribution in [0, 0.1) is 0 Å². The molecule has 1 aromatic heterocycles. The van der Waals surface area contributed by atoms with Gasteiger partial charge >= 0.3 is 0 Å². The summed E-state index contributed by atoms with van der Waals surface area (Å²) in [4.78, 5) is 27.5. The van der Waals surface area contributed by atoms with Crippen LogP contribution in [0.15, 0.2) is 70.9 Å². The summed E-state index contributed by atoms with van der Waals surface area (Å²) in [6, 6.07) is 13.7. The highest BCUT2D eigenvalue weighted by atomic mass is 35.5. The minimum Gasteiger partial charge on any atom is -0.507 e. The Morgan fingerprint density at radius 1 is 1.12 bits per heavy atom. The molecule has 0 radical (unpaired) electrons. The average molecular weight is 468 g/mol. The van der Waals surface area contributed by atoms with Crippen LogP contribution in [0.25, 0.3) is 5.76 Å². The Bertz CT molecular complexity index is 1210. The number of carbonyl (C=O) groups excluding carboxylic acids is 2. The van der Waals surface area contributed by atoms with Gasteiger partial charge in [0.1, 0.15) is 29.1 Å². The molecule has 7 nitrogen and oxygen atoms in total. The maximum atomic E-state index is 13.1. The summed E-state index contributed by atoms with van der Waals surface area (Å²) in [5.41, 5.74) is 0.649.